The lowest BCUT2D eigenvalue weighted by Crippen LogP contribution is -2.37. The van der Waals surface area contributed by atoms with Gasteiger partial charge in [0.1, 0.15) is 6.07 Å². The van der Waals surface area contributed by atoms with Crippen LogP contribution in [0.4, 0.5) is 0 Å². The Hall–Kier alpha value is -2.68. The van der Waals surface area contributed by atoms with E-state index in [1.54, 1.807) is 24.3 Å². The lowest BCUT2D eigenvalue weighted by molar-refractivity contribution is -0.215. The molecule has 0 N–H and O–H groups in total. The van der Waals surface area contributed by atoms with Crippen LogP contribution in [0.2, 0.25) is 0 Å². The van der Waals surface area contributed by atoms with Gasteiger partial charge < -0.3 is 14.2 Å². The molecule has 3 rings (SSSR count). The SMILES string of the molecule is Cc1ccc(C(C#N)(CCOC(=O)c2ccccc2)OC2CCCCO2)cc1C. The van der Waals surface area contributed by atoms with Crippen LogP contribution >= 0.6 is 0 Å². The second kappa shape index (κ2) is 9.69. The van der Waals surface area contributed by atoms with E-state index >= 15 is 0 Å². The fourth-order valence-electron chi connectivity index (χ4n) is 3.38. The Labute approximate surface area is 172 Å². The van der Waals surface area contributed by atoms with Gasteiger partial charge in [0.05, 0.1) is 12.2 Å². The van der Waals surface area contributed by atoms with Crippen molar-refractivity contribution >= 4 is 5.97 Å². The molecule has 1 aliphatic rings. The fraction of sp³-hybridized carbons (Fsp3) is 0.417. The highest BCUT2D eigenvalue weighted by molar-refractivity contribution is 5.89. The highest BCUT2D eigenvalue weighted by Gasteiger charge is 2.38. The zero-order valence-corrected chi connectivity index (χ0v) is 17.0. The molecular weight excluding hydrogens is 366 g/mol. The number of esters is 1. The van der Waals surface area contributed by atoms with Gasteiger partial charge in [-0.1, -0.05) is 36.4 Å². The highest BCUT2D eigenvalue weighted by atomic mass is 16.7. The number of hydrogen-bond donors (Lipinski definition) is 0. The average Bonchev–Trinajstić information content (AvgIpc) is 2.76. The van der Waals surface area contributed by atoms with E-state index in [1.165, 1.54) is 0 Å². The molecule has 1 aliphatic heterocycles. The van der Waals surface area contributed by atoms with E-state index in [0.29, 0.717) is 12.2 Å². The van der Waals surface area contributed by atoms with E-state index in [-0.39, 0.29) is 13.0 Å². The van der Waals surface area contributed by atoms with Gasteiger partial charge in [-0.05, 0) is 61.9 Å². The summed E-state index contributed by atoms with van der Waals surface area (Å²) < 4.78 is 17.4. The van der Waals surface area contributed by atoms with Gasteiger partial charge in [-0.2, -0.15) is 5.26 Å². The minimum Gasteiger partial charge on any atom is -0.462 e. The van der Waals surface area contributed by atoms with Crippen LogP contribution in [0.5, 0.6) is 0 Å². The molecule has 0 radical (unpaired) electrons. The lowest BCUT2D eigenvalue weighted by atomic mass is 9.89. The highest BCUT2D eigenvalue weighted by Crippen LogP contribution is 2.34. The van der Waals surface area contributed by atoms with Crippen molar-refractivity contribution in [3.05, 3.63) is 70.8 Å². The van der Waals surface area contributed by atoms with Crippen LogP contribution in [0.1, 0.15) is 52.7 Å². The number of nitriles is 1. The smallest absolute Gasteiger partial charge is 0.338 e. The molecule has 1 saturated heterocycles. The number of hydrogen-bond acceptors (Lipinski definition) is 5. The van der Waals surface area contributed by atoms with Crippen molar-refractivity contribution in [2.24, 2.45) is 0 Å². The van der Waals surface area contributed by atoms with Gasteiger partial charge in [0.25, 0.3) is 0 Å². The van der Waals surface area contributed by atoms with Crippen molar-refractivity contribution in [3.8, 4) is 6.07 Å². The molecule has 5 nitrogen and oxygen atoms in total. The first-order chi connectivity index (χ1) is 14.0. The van der Waals surface area contributed by atoms with Crippen LogP contribution in [0.3, 0.4) is 0 Å². The summed E-state index contributed by atoms with van der Waals surface area (Å²) in [6.45, 7) is 4.73. The Bertz CT molecular complexity index is 868. The average molecular weight is 393 g/mol. The Morgan fingerprint density at radius 2 is 1.97 bits per heavy atom. The number of carbonyl (C=O) groups excluding carboxylic acids is 1. The van der Waals surface area contributed by atoms with Gasteiger partial charge in [0.15, 0.2) is 11.9 Å². The van der Waals surface area contributed by atoms with Gasteiger partial charge >= 0.3 is 5.97 Å². The number of aryl methyl sites for hydroxylation is 2. The fourth-order valence-corrected chi connectivity index (χ4v) is 3.38. The van der Waals surface area contributed by atoms with Gasteiger partial charge in [0, 0.05) is 13.0 Å². The maximum Gasteiger partial charge on any atom is 0.338 e. The summed E-state index contributed by atoms with van der Waals surface area (Å²) in [6, 6.07) is 17.0. The van der Waals surface area contributed by atoms with Crippen LogP contribution < -0.4 is 0 Å². The summed E-state index contributed by atoms with van der Waals surface area (Å²) in [7, 11) is 0. The Balaban J connectivity index is 1.78. The molecule has 152 valence electrons. The standard InChI is InChI=1S/C24H27NO4/c1-18-11-12-21(16-19(18)2)24(17-25,29-22-10-6-7-14-27-22)13-15-28-23(26)20-8-4-3-5-9-20/h3-5,8-9,11-12,16,22H,6-7,10,13-15H2,1-2H3. The first-order valence-corrected chi connectivity index (χ1v) is 10.0. The minimum atomic E-state index is -1.24. The number of carbonyl (C=O) groups is 1. The topological polar surface area (TPSA) is 68.5 Å². The number of nitrogens with zero attached hydrogens (tertiary/aromatic N) is 1. The second-order valence-electron chi connectivity index (χ2n) is 7.40. The predicted molar refractivity (Wildman–Crippen MR) is 109 cm³/mol. The zero-order chi connectivity index (χ0) is 20.7. The molecule has 2 unspecified atom stereocenters. The van der Waals surface area contributed by atoms with E-state index in [0.717, 1.165) is 36.0 Å². The number of ether oxygens (including phenoxy) is 3. The third kappa shape index (κ3) is 5.23. The van der Waals surface area contributed by atoms with Crippen LogP contribution in [-0.2, 0) is 19.8 Å². The van der Waals surface area contributed by atoms with Gasteiger partial charge in [-0.3, -0.25) is 0 Å². The maximum absolute atomic E-state index is 12.3. The normalized spacial score (nSPS) is 18.4. The van der Waals surface area contributed by atoms with Gasteiger partial charge in [0.2, 0.25) is 0 Å². The summed E-state index contributed by atoms with van der Waals surface area (Å²) in [4.78, 5) is 12.3. The third-order valence-corrected chi connectivity index (χ3v) is 5.32. The Kier molecular flexibility index (Phi) is 7.03. The summed E-state index contributed by atoms with van der Waals surface area (Å²) in [5.41, 5.74) is 2.23. The minimum absolute atomic E-state index is 0.0704. The summed E-state index contributed by atoms with van der Waals surface area (Å²) >= 11 is 0. The van der Waals surface area contributed by atoms with Crippen molar-refractivity contribution in [2.75, 3.05) is 13.2 Å². The zero-order valence-electron chi connectivity index (χ0n) is 17.0. The molecule has 0 aliphatic carbocycles. The summed E-state index contributed by atoms with van der Waals surface area (Å²) in [5, 5.41) is 10.1. The third-order valence-electron chi connectivity index (χ3n) is 5.32. The van der Waals surface area contributed by atoms with E-state index in [9.17, 15) is 10.1 Å². The molecular formula is C24H27NO4. The summed E-state index contributed by atoms with van der Waals surface area (Å²) in [5.74, 6) is -0.411. The quantitative estimate of drug-likeness (QED) is 0.631. The van der Waals surface area contributed by atoms with Crippen LogP contribution in [-0.4, -0.2) is 25.5 Å². The first-order valence-electron chi connectivity index (χ1n) is 10.0. The molecule has 0 aromatic heterocycles. The molecule has 0 amide bonds. The molecule has 2 atom stereocenters. The molecule has 1 heterocycles. The monoisotopic (exact) mass is 393 g/mol. The lowest BCUT2D eigenvalue weighted by Gasteiger charge is -2.34. The van der Waals surface area contributed by atoms with E-state index in [4.69, 9.17) is 14.2 Å². The largest absolute Gasteiger partial charge is 0.462 e. The maximum atomic E-state index is 12.3. The van der Waals surface area contributed by atoms with Crippen molar-refractivity contribution in [1.29, 1.82) is 5.26 Å². The van der Waals surface area contributed by atoms with Crippen LogP contribution in [0.15, 0.2) is 48.5 Å². The Morgan fingerprint density at radius 3 is 2.62 bits per heavy atom. The molecule has 0 spiro atoms. The molecule has 0 bridgehead atoms. The molecule has 5 heteroatoms. The molecule has 2 aromatic rings. The molecule has 1 fully saturated rings. The van der Waals surface area contributed by atoms with E-state index < -0.39 is 17.9 Å². The number of benzene rings is 2. The second-order valence-corrected chi connectivity index (χ2v) is 7.40. The van der Waals surface area contributed by atoms with Crippen molar-refractivity contribution in [1.82, 2.24) is 0 Å². The van der Waals surface area contributed by atoms with Crippen LogP contribution in [0.25, 0.3) is 0 Å². The molecule has 2 aromatic carbocycles. The van der Waals surface area contributed by atoms with Crippen molar-refractivity contribution < 1.29 is 19.0 Å². The van der Waals surface area contributed by atoms with Crippen LogP contribution in [0, 0.1) is 25.2 Å². The predicted octanol–water partition coefficient (Wildman–Crippen LogP) is 4.81. The molecule has 0 saturated carbocycles. The molecule has 29 heavy (non-hydrogen) atoms. The summed E-state index contributed by atoms with van der Waals surface area (Å²) in [6.07, 6.45) is 2.54. The van der Waals surface area contributed by atoms with Gasteiger partial charge in [-0.25, -0.2) is 4.79 Å². The van der Waals surface area contributed by atoms with E-state index in [1.807, 2.05) is 38.1 Å². The van der Waals surface area contributed by atoms with E-state index in [2.05, 4.69) is 6.07 Å². The Morgan fingerprint density at radius 1 is 1.17 bits per heavy atom. The number of rotatable bonds is 7. The first kappa shape index (κ1) is 21.0. The van der Waals surface area contributed by atoms with Crippen molar-refractivity contribution in [2.45, 2.75) is 51.4 Å². The van der Waals surface area contributed by atoms with Crippen molar-refractivity contribution in [3.63, 3.8) is 0 Å². The van der Waals surface area contributed by atoms with Gasteiger partial charge in [-0.15, -0.1) is 0 Å².